The molecule has 0 aliphatic rings. The van der Waals surface area contributed by atoms with Crippen molar-refractivity contribution in [3.63, 3.8) is 0 Å². The highest BCUT2D eigenvalue weighted by Gasteiger charge is 2.25. The summed E-state index contributed by atoms with van der Waals surface area (Å²) in [4.78, 5) is 4.63. The fourth-order valence-electron chi connectivity index (χ4n) is 3.88. The molecular formula is C23H29N2Si. The van der Waals surface area contributed by atoms with E-state index in [1.165, 1.54) is 27.4 Å². The first-order valence-corrected chi connectivity index (χ1v) is 11.1. The van der Waals surface area contributed by atoms with Crippen LogP contribution in [0.2, 0.25) is 11.1 Å². The lowest BCUT2D eigenvalue weighted by Crippen LogP contribution is -2.37. The van der Waals surface area contributed by atoms with E-state index in [1.54, 1.807) is 0 Å². The number of benzene rings is 2. The fourth-order valence-corrected chi connectivity index (χ4v) is 7.31. The maximum atomic E-state index is 4.63. The van der Waals surface area contributed by atoms with Crippen LogP contribution in [0, 0.1) is 13.8 Å². The molecule has 3 heteroatoms. The zero-order chi connectivity index (χ0) is 18.8. The van der Waals surface area contributed by atoms with E-state index in [-0.39, 0.29) is 0 Å². The minimum atomic E-state index is -0.673. The number of anilines is 2. The summed E-state index contributed by atoms with van der Waals surface area (Å²) in [5.41, 5.74) is 7.34. The van der Waals surface area contributed by atoms with Gasteiger partial charge >= 0.3 is 0 Å². The highest BCUT2D eigenvalue weighted by Crippen LogP contribution is 2.29. The first kappa shape index (κ1) is 18.7. The minimum absolute atomic E-state index is 0.673. The van der Waals surface area contributed by atoms with Crippen LogP contribution in [0.5, 0.6) is 0 Å². The van der Waals surface area contributed by atoms with Gasteiger partial charge in [0.05, 0.1) is 20.0 Å². The van der Waals surface area contributed by atoms with Crippen LogP contribution < -0.4 is 10.5 Å². The van der Waals surface area contributed by atoms with Crippen molar-refractivity contribution >= 4 is 36.3 Å². The normalized spacial score (nSPS) is 11.7. The van der Waals surface area contributed by atoms with Gasteiger partial charge in [-0.05, 0) is 59.9 Å². The highest BCUT2D eigenvalue weighted by atomic mass is 28.3. The van der Waals surface area contributed by atoms with Crippen molar-refractivity contribution in [3.8, 4) is 0 Å². The number of aryl methyl sites for hydroxylation is 2. The summed E-state index contributed by atoms with van der Waals surface area (Å²) in [6, 6.07) is 15.4. The number of nitrogens with zero attached hydrogens (tertiary/aromatic N) is 1. The minimum Gasteiger partial charge on any atom is -0.354 e. The van der Waals surface area contributed by atoms with Gasteiger partial charge in [0, 0.05) is 17.3 Å². The van der Waals surface area contributed by atoms with Gasteiger partial charge in [0.2, 0.25) is 0 Å². The molecule has 0 saturated heterocycles. The van der Waals surface area contributed by atoms with Crippen LogP contribution >= 0.6 is 0 Å². The van der Waals surface area contributed by atoms with E-state index in [4.69, 9.17) is 0 Å². The van der Waals surface area contributed by atoms with E-state index in [9.17, 15) is 0 Å². The quantitative estimate of drug-likeness (QED) is 0.554. The molecule has 0 atom stereocenters. The third-order valence-corrected chi connectivity index (χ3v) is 8.37. The first-order valence-electron chi connectivity index (χ1n) is 9.47. The Hall–Kier alpha value is -2.13. The molecule has 2 aromatic carbocycles. The molecule has 26 heavy (non-hydrogen) atoms. The molecule has 1 N–H and O–H groups in total. The largest absolute Gasteiger partial charge is 0.354 e. The predicted octanol–water partition coefficient (Wildman–Crippen LogP) is 6.12. The van der Waals surface area contributed by atoms with Crippen molar-refractivity contribution in [1.82, 2.24) is 4.98 Å². The Morgan fingerprint density at radius 3 is 2.27 bits per heavy atom. The van der Waals surface area contributed by atoms with Crippen LogP contribution in [0.15, 0.2) is 48.7 Å². The van der Waals surface area contributed by atoms with Gasteiger partial charge in [0.25, 0.3) is 0 Å². The van der Waals surface area contributed by atoms with E-state index in [2.05, 4.69) is 88.2 Å². The molecular weight excluding hydrogens is 332 g/mol. The molecule has 0 spiro atoms. The Bertz CT molecular complexity index is 907. The third kappa shape index (κ3) is 3.83. The summed E-state index contributed by atoms with van der Waals surface area (Å²) in [6.07, 6.45) is 1.87. The maximum absolute atomic E-state index is 4.63. The average molecular weight is 362 g/mol. The molecule has 0 aliphatic carbocycles. The van der Waals surface area contributed by atoms with Gasteiger partial charge in [-0.25, -0.2) is 0 Å². The van der Waals surface area contributed by atoms with E-state index >= 15 is 0 Å². The molecule has 0 amide bonds. The first-order chi connectivity index (χ1) is 12.4. The number of hydrogen-bond acceptors (Lipinski definition) is 2. The number of pyridine rings is 1. The van der Waals surface area contributed by atoms with Gasteiger partial charge in [-0.1, -0.05) is 51.5 Å². The monoisotopic (exact) mass is 361 g/mol. The summed E-state index contributed by atoms with van der Waals surface area (Å²) in [7, 11) is -0.673. The van der Waals surface area contributed by atoms with Crippen molar-refractivity contribution in [2.24, 2.45) is 0 Å². The maximum Gasteiger partial charge on any atom is 0.0938 e. The molecule has 0 bridgehead atoms. The van der Waals surface area contributed by atoms with Crippen molar-refractivity contribution in [1.29, 1.82) is 0 Å². The Labute approximate surface area is 159 Å². The molecule has 3 aromatic rings. The number of fused-ring (bicyclic) bond motifs is 1. The van der Waals surface area contributed by atoms with Gasteiger partial charge in [-0.15, -0.1) is 0 Å². The molecule has 1 heterocycles. The summed E-state index contributed by atoms with van der Waals surface area (Å²) in [6.45, 7) is 13.8. The number of aromatic nitrogens is 1. The molecule has 1 aromatic heterocycles. The Morgan fingerprint density at radius 1 is 0.846 bits per heavy atom. The van der Waals surface area contributed by atoms with E-state index in [1.807, 2.05) is 12.3 Å². The second kappa shape index (κ2) is 7.63. The lowest BCUT2D eigenvalue weighted by molar-refractivity contribution is 0.951. The molecule has 2 nitrogen and oxygen atoms in total. The number of rotatable bonds is 5. The fraction of sp³-hybridized carbons (Fsp3) is 0.348. The molecule has 135 valence electrons. The topological polar surface area (TPSA) is 24.9 Å². The summed E-state index contributed by atoms with van der Waals surface area (Å²) < 4.78 is 0. The van der Waals surface area contributed by atoms with Gasteiger partial charge in [-0.3, -0.25) is 4.98 Å². The van der Waals surface area contributed by atoms with Crippen LogP contribution in [0.1, 0.15) is 38.8 Å². The number of hydrogen-bond donors (Lipinski definition) is 1. The van der Waals surface area contributed by atoms with Gasteiger partial charge in [-0.2, -0.15) is 0 Å². The number of nitrogens with one attached hydrogen (secondary N) is 1. The van der Waals surface area contributed by atoms with Gasteiger partial charge in [0.1, 0.15) is 0 Å². The SMILES string of the molecule is Cc1ccc(Nc2cc(C)cc3cccnc23)c([Si](C(C)C)C(C)C)c1. The summed E-state index contributed by atoms with van der Waals surface area (Å²) >= 11 is 0. The molecule has 1 radical (unpaired) electrons. The lowest BCUT2D eigenvalue weighted by Gasteiger charge is -2.26. The van der Waals surface area contributed by atoms with Gasteiger partial charge < -0.3 is 5.32 Å². The van der Waals surface area contributed by atoms with E-state index in [0.717, 1.165) is 11.2 Å². The summed E-state index contributed by atoms with van der Waals surface area (Å²) in [5.74, 6) is 0. The second-order valence-corrected chi connectivity index (χ2v) is 11.6. The van der Waals surface area contributed by atoms with E-state index in [0.29, 0.717) is 11.1 Å². The zero-order valence-corrected chi connectivity index (χ0v) is 17.7. The van der Waals surface area contributed by atoms with Crippen molar-refractivity contribution < 1.29 is 0 Å². The van der Waals surface area contributed by atoms with Crippen LogP contribution in [0.4, 0.5) is 11.4 Å². The molecule has 0 fully saturated rings. The lowest BCUT2D eigenvalue weighted by atomic mass is 10.1. The van der Waals surface area contributed by atoms with Crippen LogP contribution in [-0.4, -0.2) is 13.8 Å². The standard InChI is InChI=1S/C23H29N2Si/c1-15(2)26(16(3)4)22-14-17(5)9-10-20(22)25-21-13-18(6)12-19-8-7-11-24-23(19)21/h7-16,25H,1-6H3. The predicted molar refractivity (Wildman–Crippen MR) is 117 cm³/mol. The zero-order valence-electron chi connectivity index (χ0n) is 16.7. The average Bonchev–Trinajstić information content (AvgIpc) is 2.56. The van der Waals surface area contributed by atoms with Crippen LogP contribution in [0.3, 0.4) is 0 Å². The van der Waals surface area contributed by atoms with E-state index < -0.39 is 8.80 Å². The van der Waals surface area contributed by atoms with Gasteiger partial charge in [0.15, 0.2) is 0 Å². The second-order valence-electron chi connectivity index (χ2n) is 7.83. The third-order valence-electron chi connectivity index (χ3n) is 4.85. The highest BCUT2D eigenvalue weighted by molar-refractivity contribution is 6.77. The summed E-state index contributed by atoms with van der Waals surface area (Å²) in [5, 5.41) is 6.42. The Balaban J connectivity index is 2.12. The molecule has 0 unspecified atom stereocenters. The van der Waals surface area contributed by atoms with Crippen LogP contribution in [0.25, 0.3) is 10.9 Å². The Kier molecular flexibility index (Phi) is 5.47. The van der Waals surface area contributed by atoms with Crippen LogP contribution in [-0.2, 0) is 0 Å². The smallest absolute Gasteiger partial charge is 0.0938 e. The molecule has 3 rings (SSSR count). The van der Waals surface area contributed by atoms with Crippen molar-refractivity contribution in [2.45, 2.75) is 52.6 Å². The van der Waals surface area contributed by atoms with Crippen molar-refractivity contribution in [3.05, 3.63) is 59.8 Å². The Morgan fingerprint density at radius 2 is 1.58 bits per heavy atom. The van der Waals surface area contributed by atoms with Crippen molar-refractivity contribution in [2.75, 3.05) is 5.32 Å². The molecule has 0 aliphatic heterocycles. The molecule has 0 saturated carbocycles.